The molecule has 2 N–H and O–H groups in total. The normalized spacial score (nSPS) is 17.1. The van der Waals surface area contributed by atoms with Crippen molar-refractivity contribution in [2.24, 2.45) is 0 Å². The lowest BCUT2D eigenvalue weighted by Crippen LogP contribution is -2.30. The number of nitrogens with one attached hydrogen (secondary N) is 2. The minimum Gasteiger partial charge on any atom is -0.495 e. The van der Waals surface area contributed by atoms with Gasteiger partial charge in [-0.25, -0.2) is 4.39 Å². The summed E-state index contributed by atoms with van der Waals surface area (Å²) in [5, 5.41) is 6.71. The molecule has 2 aromatic heterocycles. The van der Waals surface area contributed by atoms with E-state index in [1.54, 1.807) is 37.6 Å². The predicted molar refractivity (Wildman–Crippen MR) is 141 cm³/mol. The number of carbonyl (C=O) groups excluding carboxylic acids is 1. The number of aromatic nitrogens is 2. The fourth-order valence-electron chi connectivity index (χ4n) is 4.57. The lowest BCUT2D eigenvalue weighted by Gasteiger charge is -2.29. The van der Waals surface area contributed by atoms with Gasteiger partial charge in [-0.15, -0.1) is 0 Å². The van der Waals surface area contributed by atoms with Crippen molar-refractivity contribution in [3.8, 4) is 11.4 Å². The van der Waals surface area contributed by atoms with E-state index in [1.807, 2.05) is 58.1 Å². The van der Waals surface area contributed by atoms with Gasteiger partial charge in [0.2, 0.25) is 5.91 Å². The molecule has 1 fully saturated rings. The molecule has 0 aliphatic carbocycles. The fourth-order valence-corrected chi connectivity index (χ4v) is 4.91. The number of thiocarbonyl (C=S) groups is 1. The number of ether oxygens (including phenoxy) is 1. The third-order valence-electron chi connectivity index (χ3n) is 6.07. The highest BCUT2D eigenvalue weighted by atomic mass is 32.1. The van der Waals surface area contributed by atoms with Gasteiger partial charge in [0, 0.05) is 30.7 Å². The predicted octanol–water partition coefficient (Wildman–Crippen LogP) is 5.16. The fraction of sp³-hybridized carbons (Fsp3) is 0.148. The van der Waals surface area contributed by atoms with Crippen molar-refractivity contribution in [2.45, 2.75) is 19.0 Å². The molecule has 0 spiro atoms. The summed E-state index contributed by atoms with van der Waals surface area (Å²) in [5.74, 6) is -0.0229. The molecule has 4 aromatic rings. The lowest BCUT2D eigenvalue weighted by atomic mass is 10.0. The monoisotopic (exact) mass is 501 g/mol. The van der Waals surface area contributed by atoms with Crippen molar-refractivity contribution in [2.75, 3.05) is 17.3 Å². The SMILES string of the molecule is COc1ccc(N2C(=S)N[C@H](c3ccccn3)[C@@H]2c2cccn2-c2ccccc2F)cc1NC(C)=O. The Hall–Kier alpha value is -4.24. The van der Waals surface area contributed by atoms with Gasteiger partial charge in [0.1, 0.15) is 17.6 Å². The van der Waals surface area contributed by atoms with E-state index in [0.29, 0.717) is 22.2 Å². The molecular formula is C27H24FN5O2S. The summed E-state index contributed by atoms with van der Waals surface area (Å²) in [6.45, 7) is 1.44. The average molecular weight is 502 g/mol. The zero-order valence-corrected chi connectivity index (χ0v) is 20.5. The van der Waals surface area contributed by atoms with Gasteiger partial charge in [0.25, 0.3) is 0 Å². The molecule has 2 atom stereocenters. The summed E-state index contributed by atoms with van der Waals surface area (Å²) in [6, 6.07) is 21.0. The van der Waals surface area contributed by atoms with Crippen molar-refractivity contribution in [3.05, 3.63) is 102 Å². The Morgan fingerprint density at radius 1 is 1.11 bits per heavy atom. The molecule has 0 saturated carbocycles. The maximum absolute atomic E-state index is 14.9. The second-order valence-corrected chi connectivity index (χ2v) is 8.70. The first-order valence-electron chi connectivity index (χ1n) is 11.4. The number of nitrogens with zero attached hydrogens (tertiary/aromatic N) is 3. The number of methoxy groups -OCH3 is 1. The van der Waals surface area contributed by atoms with Crippen molar-refractivity contribution < 1.29 is 13.9 Å². The van der Waals surface area contributed by atoms with Crippen molar-refractivity contribution in [3.63, 3.8) is 0 Å². The van der Waals surface area contributed by atoms with Crippen LogP contribution in [0.3, 0.4) is 0 Å². The molecular weight excluding hydrogens is 477 g/mol. The van der Waals surface area contributed by atoms with E-state index >= 15 is 0 Å². The second kappa shape index (κ2) is 9.79. The molecule has 0 bridgehead atoms. The maximum atomic E-state index is 14.9. The van der Waals surface area contributed by atoms with Crippen LogP contribution in [0.2, 0.25) is 0 Å². The van der Waals surface area contributed by atoms with Crippen LogP contribution in [0, 0.1) is 5.82 Å². The zero-order chi connectivity index (χ0) is 25.2. The molecule has 2 aromatic carbocycles. The van der Waals surface area contributed by atoms with Crippen molar-refractivity contribution in [1.29, 1.82) is 0 Å². The third-order valence-corrected chi connectivity index (χ3v) is 6.38. The van der Waals surface area contributed by atoms with Crippen LogP contribution in [0.15, 0.2) is 85.2 Å². The Balaban J connectivity index is 1.67. The molecule has 5 rings (SSSR count). The molecule has 3 heterocycles. The minimum absolute atomic E-state index is 0.219. The molecule has 0 unspecified atom stereocenters. The number of pyridine rings is 1. The topological polar surface area (TPSA) is 71.4 Å². The van der Waals surface area contributed by atoms with Crippen LogP contribution in [0.5, 0.6) is 5.75 Å². The number of anilines is 2. The van der Waals surface area contributed by atoms with Gasteiger partial charge in [-0.2, -0.15) is 0 Å². The average Bonchev–Trinajstić information content (AvgIpc) is 3.48. The van der Waals surface area contributed by atoms with Crippen LogP contribution in [0.25, 0.3) is 5.69 Å². The first-order chi connectivity index (χ1) is 17.5. The molecule has 182 valence electrons. The van der Waals surface area contributed by atoms with Crippen molar-refractivity contribution in [1.82, 2.24) is 14.9 Å². The summed E-state index contributed by atoms with van der Waals surface area (Å²) in [6.07, 6.45) is 3.57. The van der Waals surface area contributed by atoms with Gasteiger partial charge in [-0.1, -0.05) is 18.2 Å². The number of benzene rings is 2. The van der Waals surface area contributed by atoms with E-state index in [2.05, 4.69) is 15.6 Å². The molecule has 36 heavy (non-hydrogen) atoms. The Morgan fingerprint density at radius 2 is 1.92 bits per heavy atom. The van der Waals surface area contributed by atoms with Gasteiger partial charge < -0.3 is 24.8 Å². The van der Waals surface area contributed by atoms with Crippen molar-refractivity contribution >= 4 is 34.6 Å². The van der Waals surface area contributed by atoms with Crippen LogP contribution < -0.4 is 20.3 Å². The number of halogens is 1. The lowest BCUT2D eigenvalue weighted by molar-refractivity contribution is -0.114. The van der Waals surface area contributed by atoms with E-state index in [9.17, 15) is 9.18 Å². The minimum atomic E-state index is -0.374. The number of hydrogen-bond acceptors (Lipinski definition) is 4. The molecule has 0 radical (unpaired) electrons. The van der Waals surface area contributed by atoms with Crippen LogP contribution >= 0.6 is 12.2 Å². The Morgan fingerprint density at radius 3 is 2.64 bits per heavy atom. The quantitative estimate of drug-likeness (QED) is 0.356. The Kier molecular flexibility index (Phi) is 6.39. The molecule has 7 nitrogen and oxygen atoms in total. The van der Waals surface area contributed by atoms with E-state index in [-0.39, 0.29) is 23.8 Å². The molecule has 1 aliphatic heterocycles. The van der Waals surface area contributed by atoms with Gasteiger partial charge in [0.05, 0.1) is 30.2 Å². The summed E-state index contributed by atoms with van der Waals surface area (Å²) in [5.41, 5.74) is 3.31. The van der Waals surface area contributed by atoms with Gasteiger partial charge in [-0.3, -0.25) is 9.78 Å². The smallest absolute Gasteiger partial charge is 0.221 e. The number of hydrogen-bond donors (Lipinski definition) is 2. The zero-order valence-electron chi connectivity index (χ0n) is 19.7. The summed E-state index contributed by atoms with van der Waals surface area (Å²) >= 11 is 5.81. The number of amides is 1. The molecule has 1 amide bonds. The van der Waals surface area contributed by atoms with E-state index in [4.69, 9.17) is 17.0 Å². The van der Waals surface area contributed by atoms with Crippen LogP contribution in [0.1, 0.15) is 30.4 Å². The van der Waals surface area contributed by atoms with E-state index < -0.39 is 0 Å². The maximum Gasteiger partial charge on any atom is 0.221 e. The standard InChI is InChI=1S/C27H24FN5O2S/c1-17(34)30-21-16-18(12-13-24(21)35-2)33-26(25(31-27(33)36)20-9-5-6-14-29-20)23-11-7-15-32(23)22-10-4-3-8-19(22)28/h3-16,25-26H,1-2H3,(H,30,34)(H,31,36)/t25-,26+/m1/s1. The largest absolute Gasteiger partial charge is 0.495 e. The van der Waals surface area contributed by atoms with E-state index in [0.717, 1.165) is 17.1 Å². The highest BCUT2D eigenvalue weighted by molar-refractivity contribution is 7.80. The van der Waals surface area contributed by atoms with Gasteiger partial charge >= 0.3 is 0 Å². The van der Waals surface area contributed by atoms with Crippen LogP contribution in [0.4, 0.5) is 15.8 Å². The first kappa shape index (κ1) is 23.5. The number of carbonyl (C=O) groups is 1. The molecule has 9 heteroatoms. The number of para-hydroxylation sites is 1. The molecule has 1 aliphatic rings. The highest BCUT2D eigenvalue weighted by Gasteiger charge is 2.42. The van der Waals surface area contributed by atoms with Crippen LogP contribution in [-0.2, 0) is 4.79 Å². The number of rotatable bonds is 6. The summed E-state index contributed by atoms with van der Waals surface area (Å²) in [7, 11) is 1.55. The molecule has 1 saturated heterocycles. The second-order valence-electron chi connectivity index (χ2n) is 8.32. The Bertz CT molecular complexity index is 1420. The van der Waals surface area contributed by atoms with Gasteiger partial charge in [0.15, 0.2) is 5.11 Å². The Labute approximate surface area is 213 Å². The first-order valence-corrected chi connectivity index (χ1v) is 11.8. The summed E-state index contributed by atoms with van der Waals surface area (Å²) < 4.78 is 22.1. The van der Waals surface area contributed by atoms with Crippen LogP contribution in [-0.4, -0.2) is 27.7 Å². The van der Waals surface area contributed by atoms with E-state index in [1.165, 1.54) is 13.0 Å². The summed E-state index contributed by atoms with van der Waals surface area (Å²) in [4.78, 5) is 18.4. The highest BCUT2D eigenvalue weighted by Crippen LogP contribution is 2.43. The third kappa shape index (κ3) is 4.29. The van der Waals surface area contributed by atoms with Gasteiger partial charge in [-0.05, 0) is 66.8 Å².